The van der Waals surface area contributed by atoms with Gasteiger partial charge in [-0.3, -0.25) is 14.9 Å². The Labute approximate surface area is 138 Å². The molecule has 1 aliphatic heterocycles. The van der Waals surface area contributed by atoms with Crippen LogP contribution in [0.5, 0.6) is 0 Å². The quantitative estimate of drug-likeness (QED) is 0.631. The third kappa shape index (κ3) is 3.12. The first-order chi connectivity index (χ1) is 11.1. The zero-order valence-corrected chi connectivity index (χ0v) is 13.7. The first kappa shape index (κ1) is 15.7. The molecule has 0 aliphatic carbocycles. The Bertz CT molecular complexity index is 719. The molecule has 1 aromatic heterocycles. The van der Waals surface area contributed by atoms with Crippen molar-refractivity contribution in [1.29, 1.82) is 0 Å². The van der Waals surface area contributed by atoms with Crippen molar-refractivity contribution in [3.63, 3.8) is 0 Å². The number of hydrogen-bond donors (Lipinski definition) is 0. The molecule has 1 aromatic carbocycles. The molecule has 6 heteroatoms. The predicted octanol–water partition coefficient (Wildman–Crippen LogP) is 3.98. The van der Waals surface area contributed by atoms with Gasteiger partial charge in [0.1, 0.15) is 0 Å². The molecule has 1 saturated heterocycles. The van der Waals surface area contributed by atoms with E-state index in [1.165, 1.54) is 11.6 Å². The molecule has 2 aromatic rings. The van der Waals surface area contributed by atoms with Crippen LogP contribution in [0.15, 0.2) is 35.0 Å². The number of carbonyl (C=O) groups excluding carboxylic acids is 1. The Balaban J connectivity index is 1.73. The van der Waals surface area contributed by atoms with Crippen molar-refractivity contribution >= 4 is 22.9 Å². The maximum Gasteiger partial charge on any atom is 0.273 e. The van der Waals surface area contributed by atoms with Crippen LogP contribution in [0.25, 0.3) is 0 Å². The van der Waals surface area contributed by atoms with Gasteiger partial charge in [-0.15, -0.1) is 0 Å². The van der Waals surface area contributed by atoms with Crippen molar-refractivity contribution in [2.45, 2.75) is 25.7 Å². The molecule has 1 amide bonds. The van der Waals surface area contributed by atoms with Gasteiger partial charge in [-0.05, 0) is 54.1 Å². The first-order valence-corrected chi connectivity index (χ1v) is 8.57. The van der Waals surface area contributed by atoms with Gasteiger partial charge in [-0.25, -0.2) is 0 Å². The standard InChI is InChI=1S/C17H18N2O3S/c1-12-15(3-2-4-16(12)19(21)22)17(20)18-8-5-13(6-9-18)14-7-10-23-11-14/h2-4,7,10-11,13H,5-6,8-9H2,1H3. The Hall–Kier alpha value is -2.21. The molecule has 0 unspecified atom stereocenters. The van der Waals surface area contributed by atoms with Gasteiger partial charge in [0.2, 0.25) is 0 Å². The minimum absolute atomic E-state index is 0.00371. The van der Waals surface area contributed by atoms with Crippen LogP contribution in [-0.4, -0.2) is 28.8 Å². The van der Waals surface area contributed by atoms with Crippen LogP contribution in [0.3, 0.4) is 0 Å². The third-order valence-electron chi connectivity index (χ3n) is 4.53. The highest BCUT2D eigenvalue weighted by atomic mass is 32.1. The van der Waals surface area contributed by atoms with Gasteiger partial charge in [0.05, 0.1) is 4.92 Å². The highest BCUT2D eigenvalue weighted by Gasteiger charge is 2.27. The van der Waals surface area contributed by atoms with E-state index in [2.05, 4.69) is 16.8 Å². The fourth-order valence-corrected chi connectivity index (χ4v) is 3.89. The molecular formula is C17H18N2O3S. The predicted molar refractivity (Wildman–Crippen MR) is 90.0 cm³/mol. The number of nitro benzene ring substituents is 1. The molecular weight excluding hydrogens is 312 g/mol. The lowest BCUT2D eigenvalue weighted by Gasteiger charge is -2.32. The Morgan fingerprint density at radius 2 is 2.04 bits per heavy atom. The number of carbonyl (C=O) groups is 1. The summed E-state index contributed by atoms with van der Waals surface area (Å²) >= 11 is 1.70. The van der Waals surface area contributed by atoms with Crippen LogP contribution in [0.2, 0.25) is 0 Å². The number of likely N-dealkylation sites (tertiary alicyclic amines) is 1. The molecule has 3 rings (SSSR count). The van der Waals surface area contributed by atoms with Crippen molar-refractivity contribution in [1.82, 2.24) is 4.90 Å². The van der Waals surface area contributed by atoms with Crippen LogP contribution in [0.1, 0.15) is 40.2 Å². The van der Waals surface area contributed by atoms with E-state index < -0.39 is 4.92 Å². The highest BCUT2D eigenvalue weighted by Crippen LogP contribution is 2.30. The molecule has 23 heavy (non-hydrogen) atoms. The number of nitrogens with zero attached hydrogens (tertiary/aromatic N) is 2. The van der Waals surface area contributed by atoms with Crippen molar-refractivity contribution in [3.05, 3.63) is 61.8 Å². The Kier molecular flexibility index (Phi) is 4.43. The summed E-state index contributed by atoms with van der Waals surface area (Å²) in [5, 5.41) is 15.3. The van der Waals surface area contributed by atoms with E-state index in [0.29, 0.717) is 30.1 Å². The summed E-state index contributed by atoms with van der Waals surface area (Å²) in [5.41, 5.74) is 2.24. The number of piperidine rings is 1. The summed E-state index contributed by atoms with van der Waals surface area (Å²) in [6, 6.07) is 6.85. The molecule has 0 N–H and O–H groups in total. The van der Waals surface area contributed by atoms with E-state index in [1.54, 1.807) is 30.4 Å². The SMILES string of the molecule is Cc1c(C(=O)N2CCC(c3ccsc3)CC2)cccc1[N+](=O)[O-]. The zero-order chi connectivity index (χ0) is 16.4. The molecule has 0 radical (unpaired) electrons. The minimum Gasteiger partial charge on any atom is -0.339 e. The van der Waals surface area contributed by atoms with Gasteiger partial charge in [-0.1, -0.05) is 6.07 Å². The van der Waals surface area contributed by atoms with E-state index in [-0.39, 0.29) is 11.6 Å². The zero-order valence-electron chi connectivity index (χ0n) is 12.9. The van der Waals surface area contributed by atoms with E-state index >= 15 is 0 Å². The van der Waals surface area contributed by atoms with E-state index in [9.17, 15) is 14.9 Å². The summed E-state index contributed by atoms with van der Waals surface area (Å²) in [5.74, 6) is 0.409. The lowest BCUT2D eigenvalue weighted by Crippen LogP contribution is -2.38. The lowest BCUT2D eigenvalue weighted by molar-refractivity contribution is -0.385. The van der Waals surface area contributed by atoms with Crippen LogP contribution >= 0.6 is 11.3 Å². The van der Waals surface area contributed by atoms with Crippen LogP contribution in [-0.2, 0) is 0 Å². The normalized spacial score (nSPS) is 15.6. The molecule has 0 atom stereocenters. The highest BCUT2D eigenvalue weighted by molar-refractivity contribution is 7.07. The van der Waals surface area contributed by atoms with Crippen LogP contribution in [0, 0.1) is 17.0 Å². The fourth-order valence-electron chi connectivity index (χ4n) is 3.15. The summed E-state index contributed by atoms with van der Waals surface area (Å²) in [4.78, 5) is 25.1. The maximum atomic E-state index is 12.7. The monoisotopic (exact) mass is 330 g/mol. The Morgan fingerprint density at radius 3 is 2.65 bits per heavy atom. The average Bonchev–Trinajstić information content (AvgIpc) is 3.09. The molecule has 0 spiro atoms. The van der Waals surface area contributed by atoms with Crippen LogP contribution in [0.4, 0.5) is 5.69 Å². The van der Waals surface area contributed by atoms with Gasteiger partial charge in [-0.2, -0.15) is 11.3 Å². The number of thiophene rings is 1. The van der Waals surface area contributed by atoms with Gasteiger partial charge in [0.15, 0.2) is 0 Å². The van der Waals surface area contributed by atoms with E-state index in [4.69, 9.17) is 0 Å². The summed E-state index contributed by atoms with van der Waals surface area (Å²) in [6.07, 6.45) is 1.88. The third-order valence-corrected chi connectivity index (χ3v) is 5.23. The number of nitro groups is 1. The molecule has 1 aliphatic rings. The van der Waals surface area contributed by atoms with Gasteiger partial charge in [0, 0.05) is 30.3 Å². The average molecular weight is 330 g/mol. The smallest absolute Gasteiger partial charge is 0.273 e. The second kappa shape index (κ2) is 6.50. The molecule has 0 saturated carbocycles. The first-order valence-electron chi connectivity index (χ1n) is 7.63. The summed E-state index contributed by atoms with van der Waals surface area (Å²) < 4.78 is 0. The Morgan fingerprint density at radius 1 is 1.30 bits per heavy atom. The van der Waals surface area contributed by atoms with Crippen molar-refractivity contribution < 1.29 is 9.72 Å². The van der Waals surface area contributed by atoms with Gasteiger partial charge in [0.25, 0.3) is 11.6 Å². The van der Waals surface area contributed by atoms with Crippen LogP contribution < -0.4 is 0 Å². The number of amides is 1. The molecule has 0 bridgehead atoms. The number of benzene rings is 1. The fraction of sp³-hybridized carbons (Fsp3) is 0.353. The van der Waals surface area contributed by atoms with Crippen molar-refractivity contribution in [2.75, 3.05) is 13.1 Å². The van der Waals surface area contributed by atoms with E-state index in [0.717, 1.165) is 12.8 Å². The maximum absolute atomic E-state index is 12.7. The lowest BCUT2D eigenvalue weighted by atomic mass is 9.91. The largest absolute Gasteiger partial charge is 0.339 e. The summed E-state index contributed by atoms with van der Waals surface area (Å²) in [6.45, 7) is 3.03. The van der Waals surface area contributed by atoms with Crippen molar-refractivity contribution in [3.8, 4) is 0 Å². The topological polar surface area (TPSA) is 63.5 Å². The summed E-state index contributed by atoms with van der Waals surface area (Å²) in [7, 11) is 0. The molecule has 1 fully saturated rings. The van der Waals surface area contributed by atoms with Crippen molar-refractivity contribution in [2.24, 2.45) is 0 Å². The van der Waals surface area contributed by atoms with Gasteiger partial charge >= 0.3 is 0 Å². The number of rotatable bonds is 3. The van der Waals surface area contributed by atoms with E-state index in [1.807, 2.05) is 4.90 Å². The molecule has 5 nitrogen and oxygen atoms in total. The minimum atomic E-state index is -0.436. The van der Waals surface area contributed by atoms with Gasteiger partial charge < -0.3 is 4.90 Å². The molecule has 2 heterocycles. The second-order valence-electron chi connectivity index (χ2n) is 5.83. The molecule has 120 valence electrons. The number of hydrogen-bond acceptors (Lipinski definition) is 4. The second-order valence-corrected chi connectivity index (χ2v) is 6.61.